The first kappa shape index (κ1) is 13.3. The molecule has 1 unspecified atom stereocenters. The van der Waals surface area contributed by atoms with Crippen molar-refractivity contribution in [1.82, 2.24) is 0 Å². The summed E-state index contributed by atoms with van der Waals surface area (Å²) in [7, 11) is 0. The van der Waals surface area contributed by atoms with E-state index < -0.39 is 0 Å². The monoisotopic (exact) mass is 372 g/mol. The number of halogens is 2. The number of hydrogen-bond donors (Lipinski definition) is 0. The fourth-order valence-electron chi connectivity index (χ4n) is 1.87. The number of aryl methyl sites for hydroxylation is 1. The third-order valence-corrected chi connectivity index (χ3v) is 4.87. The van der Waals surface area contributed by atoms with Crippen LogP contribution in [-0.4, -0.2) is 5.33 Å². The summed E-state index contributed by atoms with van der Waals surface area (Å²) in [6, 6.07) is 10.8. The van der Waals surface area contributed by atoms with E-state index in [0.29, 0.717) is 5.92 Å². The number of hydrogen-bond acceptors (Lipinski definition) is 1. The van der Waals surface area contributed by atoms with Gasteiger partial charge in [0, 0.05) is 9.80 Å². The summed E-state index contributed by atoms with van der Waals surface area (Å²) in [6.45, 7) is 0. The SMILES string of the molecule is BrCC(CCc1ccsc1)c1cccc(Br)c1. The Morgan fingerprint density at radius 2 is 2.12 bits per heavy atom. The highest BCUT2D eigenvalue weighted by Crippen LogP contribution is 2.26. The summed E-state index contributed by atoms with van der Waals surface area (Å²) in [5.41, 5.74) is 2.86. The third-order valence-electron chi connectivity index (χ3n) is 2.87. The molecule has 0 aliphatic rings. The van der Waals surface area contributed by atoms with Crippen LogP contribution in [0, 0.1) is 0 Å². The van der Waals surface area contributed by atoms with Crippen molar-refractivity contribution < 1.29 is 0 Å². The maximum atomic E-state index is 3.63. The Morgan fingerprint density at radius 3 is 2.76 bits per heavy atom. The molecule has 0 aliphatic heterocycles. The molecule has 0 bridgehead atoms. The second-order valence-electron chi connectivity index (χ2n) is 4.08. The van der Waals surface area contributed by atoms with Gasteiger partial charge in [-0.25, -0.2) is 0 Å². The molecule has 1 atom stereocenters. The highest BCUT2D eigenvalue weighted by atomic mass is 79.9. The van der Waals surface area contributed by atoms with E-state index in [1.807, 2.05) is 0 Å². The molecule has 1 aromatic heterocycles. The predicted octanol–water partition coefficient (Wildman–Crippen LogP) is 5.62. The molecule has 0 N–H and O–H groups in total. The first-order valence-electron chi connectivity index (χ1n) is 5.62. The Morgan fingerprint density at radius 1 is 1.24 bits per heavy atom. The molecule has 0 aliphatic carbocycles. The molecule has 2 rings (SSSR count). The highest BCUT2D eigenvalue weighted by Gasteiger charge is 2.10. The Balaban J connectivity index is 2.01. The molecule has 0 saturated carbocycles. The fraction of sp³-hybridized carbons (Fsp3) is 0.286. The largest absolute Gasteiger partial charge is 0.152 e. The average molecular weight is 374 g/mol. The van der Waals surface area contributed by atoms with Crippen molar-refractivity contribution >= 4 is 43.2 Å². The molecule has 0 radical (unpaired) electrons. The minimum absolute atomic E-state index is 0.590. The minimum Gasteiger partial charge on any atom is -0.152 e. The zero-order valence-electron chi connectivity index (χ0n) is 9.40. The molecule has 0 saturated heterocycles. The van der Waals surface area contributed by atoms with Crippen LogP contribution < -0.4 is 0 Å². The van der Waals surface area contributed by atoms with Crippen LogP contribution in [0.4, 0.5) is 0 Å². The van der Waals surface area contributed by atoms with E-state index >= 15 is 0 Å². The Kier molecular flexibility index (Phi) is 5.26. The fourth-order valence-corrected chi connectivity index (χ4v) is 3.69. The van der Waals surface area contributed by atoms with E-state index in [4.69, 9.17) is 0 Å². The van der Waals surface area contributed by atoms with E-state index in [1.165, 1.54) is 17.5 Å². The number of benzene rings is 1. The van der Waals surface area contributed by atoms with Crippen molar-refractivity contribution in [1.29, 1.82) is 0 Å². The van der Waals surface area contributed by atoms with Gasteiger partial charge in [0.05, 0.1) is 0 Å². The molecule has 3 heteroatoms. The molecule has 2 aromatic rings. The van der Waals surface area contributed by atoms with Gasteiger partial charge in [-0.3, -0.25) is 0 Å². The summed E-state index contributed by atoms with van der Waals surface area (Å²) in [4.78, 5) is 0. The van der Waals surface area contributed by atoms with Crippen molar-refractivity contribution in [3.63, 3.8) is 0 Å². The molecule has 1 aromatic carbocycles. The van der Waals surface area contributed by atoms with Crippen molar-refractivity contribution in [3.05, 3.63) is 56.7 Å². The Hall–Kier alpha value is -0.120. The summed E-state index contributed by atoms with van der Waals surface area (Å²) >= 11 is 8.94. The first-order chi connectivity index (χ1) is 8.29. The van der Waals surface area contributed by atoms with Gasteiger partial charge in [-0.15, -0.1) is 0 Å². The van der Waals surface area contributed by atoms with Crippen molar-refractivity contribution in [3.8, 4) is 0 Å². The maximum absolute atomic E-state index is 3.63. The molecular formula is C14H14Br2S. The van der Waals surface area contributed by atoms with Gasteiger partial charge in [0.25, 0.3) is 0 Å². The van der Waals surface area contributed by atoms with Crippen LogP contribution in [0.3, 0.4) is 0 Å². The second kappa shape index (κ2) is 6.72. The normalized spacial score (nSPS) is 12.6. The molecule has 0 amide bonds. The van der Waals surface area contributed by atoms with Crippen LogP contribution in [0.5, 0.6) is 0 Å². The lowest BCUT2D eigenvalue weighted by Gasteiger charge is -2.14. The van der Waals surface area contributed by atoms with E-state index in [9.17, 15) is 0 Å². The Labute approximate surface area is 123 Å². The maximum Gasteiger partial charge on any atom is 0.0178 e. The molecule has 17 heavy (non-hydrogen) atoms. The molecule has 0 fully saturated rings. The zero-order valence-corrected chi connectivity index (χ0v) is 13.4. The van der Waals surface area contributed by atoms with Crippen molar-refractivity contribution in [2.75, 3.05) is 5.33 Å². The highest BCUT2D eigenvalue weighted by molar-refractivity contribution is 9.10. The topological polar surface area (TPSA) is 0 Å². The van der Waals surface area contributed by atoms with Gasteiger partial charge in [0.15, 0.2) is 0 Å². The van der Waals surface area contributed by atoms with Crippen LogP contribution in [0.25, 0.3) is 0 Å². The lowest BCUT2D eigenvalue weighted by Crippen LogP contribution is -2.02. The predicted molar refractivity (Wildman–Crippen MR) is 83.3 cm³/mol. The van der Waals surface area contributed by atoms with Gasteiger partial charge in [-0.2, -0.15) is 11.3 Å². The van der Waals surface area contributed by atoms with Gasteiger partial charge in [0.1, 0.15) is 0 Å². The molecule has 0 nitrogen and oxygen atoms in total. The van der Waals surface area contributed by atoms with Crippen LogP contribution in [0.2, 0.25) is 0 Å². The van der Waals surface area contributed by atoms with Gasteiger partial charge in [-0.05, 0) is 58.8 Å². The van der Waals surface area contributed by atoms with Crippen LogP contribution >= 0.6 is 43.2 Å². The lowest BCUT2D eigenvalue weighted by atomic mass is 9.95. The van der Waals surface area contributed by atoms with E-state index in [-0.39, 0.29) is 0 Å². The number of thiophene rings is 1. The molecule has 1 heterocycles. The van der Waals surface area contributed by atoms with Gasteiger partial charge < -0.3 is 0 Å². The summed E-state index contributed by atoms with van der Waals surface area (Å²) in [6.07, 6.45) is 2.35. The van der Waals surface area contributed by atoms with Crippen molar-refractivity contribution in [2.24, 2.45) is 0 Å². The Bertz CT molecular complexity index is 451. The second-order valence-corrected chi connectivity index (χ2v) is 6.42. The quantitative estimate of drug-likeness (QED) is 0.596. The van der Waals surface area contributed by atoms with E-state index in [1.54, 1.807) is 11.3 Å². The minimum atomic E-state index is 0.590. The number of rotatable bonds is 5. The molecule has 90 valence electrons. The standard InChI is InChI=1S/C14H14Br2S/c15-9-13(5-4-11-6-7-17-10-11)12-2-1-3-14(16)8-12/h1-3,6-8,10,13H,4-5,9H2. The van der Waals surface area contributed by atoms with Gasteiger partial charge >= 0.3 is 0 Å². The van der Waals surface area contributed by atoms with Crippen LogP contribution in [0.15, 0.2) is 45.6 Å². The molecule has 0 spiro atoms. The smallest absolute Gasteiger partial charge is 0.0178 e. The van der Waals surface area contributed by atoms with E-state index in [2.05, 4.69) is 73.0 Å². The summed E-state index contributed by atoms with van der Waals surface area (Å²) in [5, 5.41) is 5.41. The van der Waals surface area contributed by atoms with Gasteiger partial charge in [0.2, 0.25) is 0 Å². The lowest BCUT2D eigenvalue weighted by molar-refractivity contribution is 0.692. The zero-order chi connectivity index (χ0) is 12.1. The summed E-state index contributed by atoms with van der Waals surface area (Å²) < 4.78 is 1.16. The first-order valence-corrected chi connectivity index (χ1v) is 8.48. The average Bonchev–Trinajstić information content (AvgIpc) is 2.83. The van der Waals surface area contributed by atoms with Gasteiger partial charge in [-0.1, -0.05) is 44.0 Å². The van der Waals surface area contributed by atoms with Crippen molar-refractivity contribution in [2.45, 2.75) is 18.8 Å². The summed E-state index contributed by atoms with van der Waals surface area (Å²) in [5.74, 6) is 0.590. The van der Waals surface area contributed by atoms with Crippen LogP contribution in [-0.2, 0) is 6.42 Å². The van der Waals surface area contributed by atoms with Crippen LogP contribution in [0.1, 0.15) is 23.5 Å². The van der Waals surface area contributed by atoms with E-state index in [0.717, 1.165) is 16.2 Å². The third kappa shape index (κ3) is 3.94. The molecular weight excluding hydrogens is 360 g/mol. The number of alkyl halides is 1.